The van der Waals surface area contributed by atoms with Crippen molar-refractivity contribution in [1.82, 2.24) is 5.43 Å². The SMILES string of the molecule is CCOC(=O)COc1ccc(C=NNC(=O)c2cc3cc([N+](=O)[O-])ccc3s2)cc1OC. The Bertz CT molecular complexity index is 1190. The minimum Gasteiger partial charge on any atom is -0.493 e. The van der Waals surface area contributed by atoms with Gasteiger partial charge in [-0.25, -0.2) is 10.2 Å². The van der Waals surface area contributed by atoms with Crippen LogP contribution in [0.3, 0.4) is 0 Å². The van der Waals surface area contributed by atoms with E-state index < -0.39 is 16.8 Å². The molecule has 0 radical (unpaired) electrons. The molecular weight excluding hydrogens is 438 g/mol. The summed E-state index contributed by atoms with van der Waals surface area (Å²) in [6, 6.07) is 10.9. The number of carbonyl (C=O) groups is 2. The molecule has 32 heavy (non-hydrogen) atoms. The van der Waals surface area contributed by atoms with Gasteiger partial charge in [0.25, 0.3) is 11.6 Å². The Morgan fingerprint density at radius 1 is 1.19 bits per heavy atom. The second kappa shape index (κ2) is 10.4. The van der Waals surface area contributed by atoms with Crippen LogP contribution in [0.1, 0.15) is 22.2 Å². The minimum atomic E-state index is -0.487. The zero-order valence-electron chi connectivity index (χ0n) is 17.2. The standard InChI is InChI=1S/C21H19N3O7S/c1-3-30-20(25)12-31-16-6-4-13(8-17(16)29-2)11-22-23-21(26)19-10-14-9-15(24(27)28)5-7-18(14)32-19/h4-11H,3,12H2,1-2H3,(H,23,26). The largest absolute Gasteiger partial charge is 0.493 e. The molecule has 1 heterocycles. The van der Waals surface area contributed by atoms with Gasteiger partial charge < -0.3 is 14.2 Å². The lowest BCUT2D eigenvalue weighted by molar-refractivity contribution is -0.384. The summed E-state index contributed by atoms with van der Waals surface area (Å²) in [7, 11) is 1.46. The number of fused-ring (bicyclic) bond motifs is 1. The minimum absolute atomic E-state index is 0.0380. The summed E-state index contributed by atoms with van der Waals surface area (Å²) in [5.41, 5.74) is 3.01. The summed E-state index contributed by atoms with van der Waals surface area (Å²) < 4.78 is 16.2. The molecule has 0 aliphatic carbocycles. The first-order chi connectivity index (χ1) is 15.4. The van der Waals surface area contributed by atoms with E-state index in [2.05, 4.69) is 10.5 Å². The Morgan fingerprint density at radius 2 is 2.00 bits per heavy atom. The van der Waals surface area contributed by atoms with Crippen molar-refractivity contribution in [2.24, 2.45) is 5.10 Å². The number of benzene rings is 2. The highest BCUT2D eigenvalue weighted by molar-refractivity contribution is 7.20. The maximum absolute atomic E-state index is 12.4. The maximum Gasteiger partial charge on any atom is 0.344 e. The molecule has 0 atom stereocenters. The van der Waals surface area contributed by atoms with Crippen molar-refractivity contribution in [3.05, 3.63) is 63.0 Å². The lowest BCUT2D eigenvalue weighted by Gasteiger charge is -2.10. The van der Waals surface area contributed by atoms with Crippen molar-refractivity contribution in [2.75, 3.05) is 20.3 Å². The van der Waals surface area contributed by atoms with Gasteiger partial charge in [0, 0.05) is 22.2 Å². The number of ether oxygens (including phenoxy) is 3. The van der Waals surface area contributed by atoms with Crippen molar-refractivity contribution in [3.8, 4) is 11.5 Å². The second-order valence-corrected chi connectivity index (χ2v) is 7.38. The number of hydrogen-bond donors (Lipinski definition) is 1. The molecule has 1 N–H and O–H groups in total. The molecule has 0 bridgehead atoms. The number of nitrogens with one attached hydrogen (secondary N) is 1. The summed E-state index contributed by atoms with van der Waals surface area (Å²) in [6.07, 6.45) is 1.42. The first-order valence-corrected chi connectivity index (χ1v) is 10.2. The van der Waals surface area contributed by atoms with E-state index in [-0.39, 0.29) is 18.9 Å². The zero-order valence-corrected chi connectivity index (χ0v) is 18.0. The van der Waals surface area contributed by atoms with Gasteiger partial charge in [0.1, 0.15) is 0 Å². The normalized spacial score (nSPS) is 10.8. The molecule has 0 unspecified atom stereocenters. The molecule has 0 aliphatic heterocycles. The van der Waals surface area contributed by atoms with Gasteiger partial charge in [-0.1, -0.05) is 0 Å². The number of thiophene rings is 1. The van der Waals surface area contributed by atoms with Crippen LogP contribution in [0.15, 0.2) is 47.6 Å². The molecule has 0 aliphatic rings. The van der Waals surface area contributed by atoms with Crippen LogP contribution in [0.25, 0.3) is 10.1 Å². The van der Waals surface area contributed by atoms with E-state index >= 15 is 0 Å². The van der Waals surface area contributed by atoms with E-state index in [9.17, 15) is 19.7 Å². The summed E-state index contributed by atoms with van der Waals surface area (Å²) in [5, 5.41) is 15.4. The molecule has 0 fully saturated rings. The van der Waals surface area contributed by atoms with Crippen LogP contribution in [0.2, 0.25) is 0 Å². The summed E-state index contributed by atoms with van der Waals surface area (Å²) in [4.78, 5) is 34.6. The van der Waals surface area contributed by atoms with Gasteiger partial charge in [-0.2, -0.15) is 5.10 Å². The Labute approximate surface area is 186 Å². The van der Waals surface area contributed by atoms with Gasteiger partial charge in [-0.3, -0.25) is 14.9 Å². The van der Waals surface area contributed by atoms with Crippen molar-refractivity contribution in [3.63, 3.8) is 0 Å². The molecule has 3 rings (SSSR count). The van der Waals surface area contributed by atoms with Crippen molar-refractivity contribution in [1.29, 1.82) is 0 Å². The topological polar surface area (TPSA) is 129 Å². The molecule has 1 aromatic heterocycles. The number of hydrazone groups is 1. The van der Waals surface area contributed by atoms with E-state index in [0.29, 0.717) is 27.3 Å². The number of rotatable bonds is 9. The monoisotopic (exact) mass is 457 g/mol. The van der Waals surface area contributed by atoms with Gasteiger partial charge in [0.05, 0.1) is 29.7 Å². The van der Waals surface area contributed by atoms with Gasteiger partial charge in [0.2, 0.25) is 0 Å². The van der Waals surface area contributed by atoms with Gasteiger partial charge in [-0.15, -0.1) is 11.3 Å². The van der Waals surface area contributed by atoms with E-state index in [1.807, 2.05) is 0 Å². The van der Waals surface area contributed by atoms with Crippen molar-refractivity contribution < 1.29 is 28.7 Å². The molecule has 0 saturated heterocycles. The number of hydrogen-bond acceptors (Lipinski definition) is 9. The second-order valence-electron chi connectivity index (χ2n) is 6.29. The van der Waals surface area contributed by atoms with Crippen molar-refractivity contribution in [2.45, 2.75) is 6.92 Å². The van der Waals surface area contributed by atoms with E-state index in [0.717, 1.165) is 4.70 Å². The Balaban J connectivity index is 1.64. The molecule has 3 aromatic rings. The van der Waals surface area contributed by atoms with Crippen LogP contribution in [-0.4, -0.2) is 43.3 Å². The molecule has 2 aromatic carbocycles. The number of nitro groups is 1. The first-order valence-electron chi connectivity index (χ1n) is 9.39. The number of nitro benzene ring substituents is 1. The number of amides is 1. The average molecular weight is 457 g/mol. The third-order valence-electron chi connectivity index (χ3n) is 4.15. The predicted octanol–water partition coefficient (Wildman–Crippen LogP) is 3.52. The van der Waals surface area contributed by atoms with Crippen LogP contribution in [0, 0.1) is 10.1 Å². The number of methoxy groups -OCH3 is 1. The summed E-state index contributed by atoms with van der Waals surface area (Å²) in [5.74, 6) is -0.179. The van der Waals surface area contributed by atoms with Crippen LogP contribution in [-0.2, 0) is 9.53 Å². The third-order valence-corrected chi connectivity index (χ3v) is 5.27. The maximum atomic E-state index is 12.4. The van der Waals surface area contributed by atoms with E-state index in [4.69, 9.17) is 14.2 Å². The van der Waals surface area contributed by atoms with Crippen LogP contribution < -0.4 is 14.9 Å². The van der Waals surface area contributed by atoms with Gasteiger partial charge in [-0.05, 0) is 42.8 Å². The zero-order chi connectivity index (χ0) is 23.1. The number of esters is 1. The van der Waals surface area contributed by atoms with E-state index in [1.54, 1.807) is 37.3 Å². The predicted molar refractivity (Wildman–Crippen MR) is 119 cm³/mol. The average Bonchev–Trinajstić information content (AvgIpc) is 3.21. The molecule has 1 amide bonds. The third kappa shape index (κ3) is 5.58. The smallest absolute Gasteiger partial charge is 0.344 e. The van der Waals surface area contributed by atoms with E-state index in [1.165, 1.54) is 36.8 Å². The number of non-ortho nitro benzene ring substituents is 1. The number of nitrogens with zero attached hydrogens (tertiary/aromatic N) is 2. The molecular formula is C21H19N3O7S. The molecule has 0 spiro atoms. The molecule has 166 valence electrons. The first kappa shape index (κ1) is 22.7. The highest BCUT2D eigenvalue weighted by Gasteiger charge is 2.13. The van der Waals surface area contributed by atoms with Crippen LogP contribution in [0.5, 0.6) is 11.5 Å². The number of carbonyl (C=O) groups excluding carboxylic acids is 2. The molecule has 0 saturated carbocycles. The van der Waals surface area contributed by atoms with Crippen LogP contribution in [0.4, 0.5) is 5.69 Å². The highest BCUT2D eigenvalue weighted by atomic mass is 32.1. The molecule has 11 heteroatoms. The quantitative estimate of drug-likeness (QED) is 0.225. The molecule has 10 nitrogen and oxygen atoms in total. The Hall–Kier alpha value is -3.99. The summed E-state index contributed by atoms with van der Waals surface area (Å²) >= 11 is 1.21. The lowest BCUT2D eigenvalue weighted by atomic mass is 10.2. The summed E-state index contributed by atoms with van der Waals surface area (Å²) in [6.45, 7) is 1.73. The fourth-order valence-electron chi connectivity index (χ4n) is 2.70. The van der Waals surface area contributed by atoms with Gasteiger partial charge in [0.15, 0.2) is 18.1 Å². The fraction of sp³-hybridized carbons (Fsp3) is 0.190. The highest BCUT2D eigenvalue weighted by Crippen LogP contribution is 2.29. The lowest BCUT2D eigenvalue weighted by Crippen LogP contribution is -2.16. The van der Waals surface area contributed by atoms with Gasteiger partial charge >= 0.3 is 5.97 Å². The van der Waals surface area contributed by atoms with Crippen molar-refractivity contribution >= 4 is 45.2 Å². The van der Waals surface area contributed by atoms with Crippen LogP contribution >= 0.6 is 11.3 Å². The Morgan fingerprint density at radius 3 is 2.72 bits per heavy atom. The fourth-order valence-corrected chi connectivity index (χ4v) is 3.63. The Kier molecular flexibility index (Phi) is 7.34.